The highest BCUT2D eigenvalue weighted by Crippen LogP contribution is 2.44. The smallest absolute Gasteiger partial charge is 0.164 e. The second kappa shape index (κ2) is 18.2. The van der Waals surface area contributed by atoms with E-state index in [-0.39, 0.29) is 0 Å². The van der Waals surface area contributed by atoms with E-state index in [1.54, 1.807) is 0 Å². The third-order valence-corrected chi connectivity index (χ3v) is 16.5. The van der Waals surface area contributed by atoms with Crippen molar-refractivity contribution in [2.75, 3.05) is 0 Å². The molecule has 11 aromatic carbocycles. The molecule has 0 amide bonds. The van der Waals surface area contributed by atoms with Gasteiger partial charge in [-0.3, -0.25) is 4.98 Å². The molecule has 0 spiro atoms. The molecular weight excluding hydrogens is 1000 g/mol. The molecule has 382 valence electrons. The van der Waals surface area contributed by atoms with E-state index in [0.717, 1.165) is 94.2 Å². The van der Waals surface area contributed by atoms with Crippen LogP contribution in [-0.4, -0.2) is 38.2 Å². The average molecular weight is 1050 g/mol. The number of fused-ring (bicyclic) bond motifs is 12. The van der Waals surface area contributed by atoms with Gasteiger partial charge in [0.25, 0.3) is 0 Å². The zero-order chi connectivity index (χ0) is 53.8. The van der Waals surface area contributed by atoms with Crippen LogP contribution >= 0.6 is 0 Å². The van der Waals surface area contributed by atoms with Crippen molar-refractivity contribution < 1.29 is 0 Å². The molecule has 0 fully saturated rings. The Bertz CT molecular complexity index is 5250. The van der Waals surface area contributed by atoms with Crippen LogP contribution in [0, 0.1) is 0 Å². The highest BCUT2D eigenvalue weighted by Gasteiger charge is 2.24. The minimum atomic E-state index is 0.575. The van der Waals surface area contributed by atoms with Gasteiger partial charge in [0.15, 0.2) is 17.5 Å². The molecule has 0 saturated carbocycles. The van der Waals surface area contributed by atoms with Gasteiger partial charge in [0, 0.05) is 88.5 Å². The highest BCUT2D eigenvalue weighted by molar-refractivity contribution is 6.15. The predicted octanol–water partition coefficient (Wildman–Crippen LogP) is 18.3. The van der Waals surface area contributed by atoms with E-state index in [1.807, 2.05) is 48.8 Å². The van der Waals surface area contributed by atoms with Crippen LogP contribution in [0.4, 0.5) is 0 Å². The number of nitrogens with zero attached hydrogens (tertiary/aromatic N) is 8. The molecule has 0 saturated heterocycles. The molecule has 0 unspecified atom stereocenters. The summed E-state index contributed by atoms with van der Waals surface area (Å²) in [5.41, 5.74) is 17.9. The number of benzene rings is 11. The molecule has 0 bridgehead atoms. The van der Waals surface area contributed by atoms with Crippen LogP contribution in [0.15, 0.2) is 279 Å². The Morgan fingerprint density at radius 1 is 0.232 bits per heavy atom. The summed E-state index contributed by atoms with van der Waals surface area (Å²) in [5.74, 6) is 1.79. The third kappa shape index (κ3) is 6.98. The summed E-state index contributed by atoms with van der Waals surface area (Å²) >= 11 is 0. The first-order chi connectivity index (χ1) is 40.7. The molecular formula is C74H46N8. The van der Waals surface area contributed by atoms with Gasteiger partial charge in [-0.2, -0.15) is 0 Å². The minimum absolute atomic E-state index is 0.575. The van der Waals surface area contributed by atoms with Gasteiger partial charge in [0.1, 0.15) is 0 Å². The van der Waals surface area contributed by atoms with Gasteiger partial charge in [0.05, 0.1) is 61.7 Å². The summed E-state index contributed by atoms with van der Waals surface area (Å²) in [4.78, 5) is 20.5. The SMILES string of the molecule is c1ccc(-c2nc(-c3ccccc3)nc(-c3ccc(-c4ccncc4-n4c5ccccc5c5cc(-n6c7ccccc7c7ccccc76)ccc54)c(-n4c5ccccc5c5cc(-n6c7ccccc7c7ccccc76)ccc54)c3)n2)cc1. The monoisotopic (exact) mass is 1050 g/mol. The van der Waals surface area contributed by atoms with E-state index in [2.05, 4.69) is 249 Å². The molecule has 6 heterocycles. The van der Waals surface area contributed by atoms with Gasteiger partial charge in [0.2, 0.25) is 0 Å². The first-order valence-corrected chi connectivity index (χ1v) is 27.7. The molecule has 8 nitrogen and oxygen atoms in total. The Labute approximate surface area is 470 Å². The number of pyridine rings is 1. The van der Waals surface area contributed by atoms with E-state index in [9.17, 15) is 0 Å². The van der Waals surface area contributed by atoms with Crippen LogP contribution in [-0.2, 0) is 0 Å². The van der Waals surface area contributed by atoms with Crippen molar-refractivity contribution in [2.24, 2.45) is 0 Å². The number of hydrogen-bond donors (Lipinski definition) is 0. The van der Waals surface area contributed by atoms with E-state index in [4.69, 9.17) is 19.9 Å². The van der Waals surface area contributed by atoms with E-state index in [1.165, 1.54) is 43.6 Å². The molecule has 0 aliphatic heterocycles. The van der Waals surface area contributed by atoms with Crippen LogP contribution in [0.1, 0.15) is 0 Å². The molecule has 6 aromatic heterocycles. The second-order valence-corrected chi connectivity index (χ2v) is 21.0. The van der Waals surface area contributed by atoms with Crippen molar-refractivity contribution in [1.82, 2.24) is 38.2 Å². The number of para-hydroxylation sites is 6. The zero-order valence-electron chi connectivity index (χ0n) is 44.1. The molecule has 17 aromatic rings. The summed E-state index contributed by atoms with van der Waals surface area (Å²) in [6, 6.07) is 95.4. The van der Waals surface area contributed by atoms with Crippen molar-refractivity contribution in [3.63, 3.8) is 0 Å². The number of rotatable bonds is 8. The lowest BCUT2D eigenvalue weighted by Crippen LogP contribution is -2.04. The molecule has 0 aliphatic rings. The molecule has 8 heteroatoms. The van der Waals surface area contributed by atoms with Crippen LogP contribution in [0.2, 0.25) is 0 Å². The summed E-state index contributed by atoms with van der Waals surface area (Å²) < 4.78 is 9.63. The molecule has 0 N–H and O–H groups in total. The maximum Gasteiger partial charge on any atom is 0.164 e. The van der Waals surface area contributed by atoms with Gasteiger partial charge in [-0.1, -0.05) is 182 Å². The van der Waals surface area contributed by atoms with Crippen molar-refractivity contribution >= 4 is 87.2 Å². The van der Waals surface area contributed by atoms with E-state index in [0.29, 0.717) is 17.5 Å². The molecule has 17 rings (SSSR count). The molecule has 0 aliphatic carbocycles. The van der Waals surface area contributed by atoms with Gasteiger partial charge in [-0.25, -0.2) is 15.0 Å². The van der Waals surface area contributed by atoms with Crippen molar-refractivity contribution in [2.45, 2.75) is 0 Å². The largest absolute Gasteiger partial charge is 0.309 e. The van der Waals surface area contributed by atoms with Crippen LogP contribution in [0.3, 0.4) is 0 Å². The Morgan fingerprint density at radius 2 is 0.573 bits per heavy atom. The summed E-state index contributed by atoms with van der Waals surface area (Å²) in [6.45, 7) is 0. The standard InChI is InChI=1S/C74H46N8/c1-3-19-47(20-4-1)72-76-73(48-21-5-2-6-22-48)78-74(77-72)49-35-38-58(70(43-49)81-66-33-17-11-27-56(66)60-44-50(36-39-68(60)81)79-62-29-13-7-23-52(62)53-24-8-14-30-63(53)79)59-41-42-75-46-71(59)82-67-34-18-12-28-57(67)61-45-51(37-40-69(61)82)80-64-31-15-9-25-54(64)55-26-10-16-32-65(55)80/h1-46H. The Kier molecular flexibility index (Phi) is 10.1. The molecule has 82 heavy (non-hydrogen) atoms. The van der Waals surface area contributed by atoms with E-state index >= 15 is 0 Å². The highest BCUT2D eigenvalue weighted by atomic mass is 15.1. The summed E-state index contributed by atoms with van der Waals surface area (Å²) in [6.07, 6.45) is 3.94. The predicted molar refractivity (Wildman–Crippen MR) is 337 cm³/mol. The lowest BCUT2D eigenvalue weighted by atomic mass is 9.99. The normalized spacial score (nSPS) is 11.9. The average Bonchev–Trinajstić information content (AvgIpc) is 2.92. The molecule has 0 radical (unpaired) electrons. The van der Waals surface area contributed by atoms with Gasteiger partial charge >= 0.3 is 0 Å². The summed E-state index contributed by atoms with van der Waals surface area (Å²) in [5, 5.41) is 9.52. The zero-order valence-corrected chi connectivity index (χ0v) is 44.1. The quantitative estimate of drug-likeness (QED) is 0.152. The van der Waals surface area contributed by atoms with Crippen LogP contribution in [0.25, 0.3) is 155 Å². The first kappa shape index (κ1) is 45.8. The minimum Gasteiger partial charge on any atom is -0.309 e. The first-order valence-electron chi connectivity index (χ1n) is 27.7. The van der Waals surface area contributed by atoms with Crippen molar-refractivity contribution in [1.29, 1.82) is 0 Å². The number of hydrogen-bond acceptors (Lipinski definition) is 4. The molecule has 0 atom stereocenters. The topological polar surface area (TPSA) is 71.3 Å². The van der Waals surface area contributed by atoms with Gasteiger partial charge < -0.3 is 18.3 Å². The maximum absolute atomic E-state index is 5.27. The fourth-order valence-electron chi connectivity index (χ4n) is 12.9. The van der Waals surface area contributed by atoms with Gasteiger partial charge in [-0.15, -0.1) is 0 Å². The van der Waals surface area contributed by atoms with Gasteiger partial charge in [-0.05, 0) is 84.9 Å². The van der Waals surface area contributed by atoms with Crippen molar-refractivity contribution in [3.05, 3.63) is 279 Å². The Balaban J connectivity index is 0.919. The summed E-state index contributed by atoms with van der Waals surface area (Å²) in [7, 11) is 0. The second-order valence-electron chi connectivity index (χ2n) is 21.0. The fourth-order valence-corrected chi connectivity index (χ4v) is 12.9. The third-order valence-electron chi connectivity index (χ3n) is 16.5. The maximum atomic E-state index is 5.27. The fraction of sp³-hybridized carbons (Fsp3) is 0. The van der Waals surface area contributed by atoms with Crippen LogP contribution in [0.5, 0.6) is 0 Å². The number of aromatic nitrogens is 8. The van der Waals surface area contributed by atoms with E-state index < -0.39 is 0 Å². The Morgan fingerprint density at radius 3 is 1.01 bits per heavy atom. The lowest BCUT2D eigenvalue weighted by Gasteiger charge is -2.19. The van der Waals surface area contributed by atoms with Crippen molar-refractivity contribution in [3.8, 4) is 68.0 Å². The lowest BCUT2D eigenvalue weighted by molar-refractivity contribution is 1.07. The van der Waals surface area contributed by atoms with Crippen LogP contribution < -0.4 is 0 Å². The Hall–Kier alpha value is -11.2.